The Morgan fingerprint density at radius 1 is 1.41 bits per heavy atom. The number of rotatable bonds is 8. The molecular formula is C19H27N5O3. The Balaban J connectivity index is 1.79. The average molecular weight is 373 g/mol. The molecule has 0 radical (unpaired) electrons. The molecule has 8 heteroatoms. The van der Waals surface area contributed by atoms with Gasteiger partial charge in [-0.1, -0.05) is 17.3 Å². The molecule has 146 valence electrons. The van der Waals surface area contributed by atoms with Gasteiger partial charge in [-0.2, -0.15) is 0 Å². The smallest absolute Gasteiger partial charge is 0.273 e. The second-order valence-corrected chi connectivity index (χ2v) is 6.70. The molecule has 0 unspecified atom stereocenters. The van der Waals surface area contributed by atoms with E-state index in [4.69, 9.17) is 4.74 Å². The maximum Gasteiger partial charge on any atom is 0.273 e. The van der Waals surface area contributed by atoms with E-state index in [1.165, 1.54) is 11.1 Å². The van der Waals surface area contributed by atoms with Gasteiger partial charge in [0, 0.05) is 39.9 Å². The summed E-state index contributed by atoms with van der Waals surface area (Å²) >= 11 is 0. The molecule has 3 rings (SSSR count). The molecule has 0 spiro atoms. The van der Waals surface area contributed by atoms with Gasteiger partial charge in [0.15, 0.2) is 5.69 Å². The van der Waals surface area contributed by atoms with Crippen LogP contribution in [0.25, 0.3) is 5.69 Å². The Morgan fingerprint density at radius 3 is 3.04 bits per heavy atom. The lowest BCUT2D eigenvalue weighted by atomic mass is 9.97. The number of nitrogens with zero attached hydrogens (tertiary/aromatic N) is 4. The zero-order valence-corrected chi connectivity index (χ0v) is 15.9. The van der Waals surface area contributed by atoms with Crippen LogP contribution in [0.2, 0.25) is 0 Å². The third kappa shape index (κ3) is 4.35. The second kappa shape index (κ2) is 9.07. The largest absolute Gasteiger partial charge is 0.395 e. The van der Waals surface area contributed by atoms with Gasteiger partial charge in [-0.3, -0.25) is 9.69 Å². The van der Waals surface area contributed by atoms with Crippen LogP contribution in [0, 0.1) is 6.92 Å². The Morgan fingerprint density at radius 2 is 2.26 bits per heavy atom. The fourth-order valence-corrected chi connectivity index (χ4v) is 3.45. The van der Waals surface area contributed by atoms with Crippen LogP contribution in [0.3, 0.4) is 0 Å². The van der Waals surface area contributed by atoms with E-state index in [0.717, 1.165) is 37.3 Å². The lowest BCUT2D eigenvalue weighted by molar-refractivity contribution is 0.0943. The van der Waals surface area contributed by atoms with Crippen LogP contribution in [0.5, 0.6) is 0 Å². The summed E-state index contributed by atoms with van der Waals surface area (Å²) in [5.74, 6) is -0.214. The lowest BCUT2D eigenvalue weighted by Crippen LogP contribution is -2.33. The molecule has 1 amide bonds. The standard InChI is InChI=1S/C19H27N5O3/c1-14-18(19(26)20-8-4-12-27-2)21-22-24(14)17-6-3-5-15-13-23(10-11-25)9-7-16(15)17/h3,5-6,25H,4,7-13H2,1-2H3,(H,20,26). The number of hydrogen-bond acceptors (Lipinski definition) is 6. The summed E-state index contributed by atoms with van der Waals surface area (Å²) in [6.45, 7) is 5.56. The van der Waals surface area contributed by atoms with E-state index in [0.29, 0.717) is 25.4 Å². The summed E-state index contributed by atoms with van der Waals surface area (Å²) < 4.78 is 6.74. The van der Waals surface area contributed by atoms with Gasteiger partial charge in [-0.05, 0) is 37.0 Å². The molecule has 1 aliphatic rings. The van der Waals surface area contributed by atoms with Crippen LogP contribution in [-0.4, -0.2) is 70.9 Å². The monoisotopic (exact) mass is 373 g/mol. The molecule has 2 heterocycles. The minimum Gasteiger partial charge on any atom is -0.395 e. The first-order chi connectivity index (χ1) is 13.2. The van der Waals surface area contributed by atoms with Crippen molar-refractivity contribution >= 4 is 5.91 Å². The van der Waals surface area contributed by atoms with Crippen molar-refractivity contribution in [3.63, 3.8) is 0 Å². The Hall–Kier alpha value is -2.29. The third-order valence-electron chi connectivity index (χ3n) is 4.89. The number of aromatic nitrogens is 3. The number of methoxy groups -OCH3 is 1. The highest BCUT2D eigenvalue weighted by molar-refractivity contribution is 5.93. The molecule has 0 saturated heterocycles. The average Bonchev–Trinajstić information content (AvgIpc) is 3.06. The molecule has 1 aromatic heterocycles. The van der Waals surface area contributed by atoms with Crippen molar-refractivity contribution in [1.29, 1.82) is 0 Å². The van der Waals surface area contributed by atoms with Crippen molar-refractivity contribution in [2.75, 3.05) is 40.0 Å². The molecule has 0 saturated carbocycles. The van der Waals surface area contributed by atoms with Crippen molar-refractivity contribution < 1.29 is 14.6 Å². The highest BCUT2D eigenvalue weighted by atomic mass is 16.5. The van der Waals surface area contributed by atoms with E-state index in [9.17, 15) is 9.90 Å². The number of hydrogen-bond donors (Lipinski definition) is 2. The number of aliphatic hydroxyl groups is 1. The predicted molar refractivity (Wildman–Crippen MR) is 101 cm³/mol. The van der Waals surface area contributed by atoms with Gasteiger partial charge in [-0.15, -0.1) is 5.10 Å². The molecule has 0 atom stereocenters. The summed E-state index contributed by atoms with van der Waals surface area (Å²) in [5.41, 5.74) is 4.51. The van der Waals surface area contributed by atoms with E-state index in [-0.39, 0.29) is 12.5 Å². The van der Waals surface area contributed by atoms with Gasteiger partial charge in [0.2, 0.25) is 0 Å². The van der Waals surface area contributed by atoms with Crippen molar-refractivity contribution in [3.8, 4) is 5.69 Å². The highest BCUT2D eigenvalue weighted by Crippen LogP contribution is 2.26. The molecule has 8 nitrogen and oxygen atoms in total. The first kappa shape index (κ1) is 19.5. The minimum atomic E-state index is -0.214. The summed E-state index contributed by atoms with van der Waals surface area (Å²) in [7, 11) is 1.64. The fourth-order valence-electron chi connectivity index (χ4n) is 3.45. The van der Waals surface area contributed by atoms with Crippen molar-refractivity contribution in [3.05, 3.63) is 40.7 Å². The van der Waals surface area contributed by atoms with Gasteiger partial charge < -0.3 is 15.2 Å². The molecule has 2 aromatic rings. The number of amides is 1. The molecule has 1 aromatic carbocycles. The van der Waals surface area contributed by atoms with Gasteiger partial charge in [0.25, 0.3) is 5.91 Å². The second-order valence-electron chi connectivity index (χ2n) is 6.70. The van der Waals surface area contributed by atoms with Crippen molar-refractivity contribution in [1.82, 2.24) is 25.2 Å². The van der Waals surface area contributed by atoms with Gasteiger partial charge >= 0.3 is 0 Å². The SMILES string of the molecule is COCCCNC(=O)c1nnn(-c2cccc3c2CCN(CCO)C3)c1C. The van der Waals surface area contributed by atoms with Gasteiger partial charge in [0.1, 0.15) is 0 Å². The summed E-state index contributed by atoms with van der Waals surface area (Å²) in [6.07, 6.45) is 1.63. The number of carbonyl (C=O) groups excluding carboxylic acids is 1. The van der Waals surface area contributed by atoms with Gasteiger partial charge in [-0.25, -0.2) is 4.68 Å². The fraction of sp³-hybridized carbons (Fsp3) is 0.526. The first-order valence-electron chi connectivity index (χ1n) is 9.29. The lowest BCUT2D eigenvalue weighted by Gasteiger charge is -2.29. The molecule has 0 bridgehead atoms. The Kier molecular flexibility index (Phi) is 6.54. The van der Waals surface area contributed by atoms with E-state index in [2.05, 4.69) is 26.6 Å². The van der Waals surface area contributed by atoms with Crippen molar-refractivity contribution in [2.45, 2.75) is 26.3 Å². The Labute approximate surface area is 159 Å². The van der Waals surface area contributed by atoms with E-state index in [1.54, 1.807) is 11.8 Å². The number of aliphatic hydroxyl groups excluding tert-OH is 1. The summed E-state index contributed by atoms with van der Waals surface area (Å²) in [4.78, 5) is 14.6. The maximum absolute atomic E-state index is 12.4. The summed E-state index contributed by atoms with van der Waals surface area (Å²) in [6, 6.07) is 6.13. The first-order valence-corrected chi connectivity index (χ1v) is 9.29. The van der Waals surface area contributed by atoms with Crippen LogP contribution < -0.4 is 5.32 Å². The quantitative estimate of drug-likeness (QED) is 0.662. The topological polar surface area (TPSA) is 92.5 Å². The number of β-amino-alcohol motifs (C(OH)–C–C–N with tert-alkyl or cyclic N) is 1. The molecule has 0 fully saturated rings. The number of fused-ring (bicyclic) bond motifs is 1. The number of ether oxygens (including phenoxy) is 1. The molecule has 0 aliphatic carbocycles. The molecule has 1 aliphatic heterocycles. The minimum absolute atomic E-state index is 0.167. The third-order valence-corrected chi connectivity index (χ3v) is 4.89. The van der Waals surface area contributed by atoms with E-state index >= 15 is 0 Å². The normalized spacial score (nSPS) is 14.2. The Bertz CT molecular complexity index is 790. The van der Waals surface area contributed by atoms with Crippen LogP contribution in [0.4, 0.5) is 0 Å². The van der Waals surface area contributed by atoms with Crippen molar-refractivity contribution in [2.24, 2.45) is 0 Å². The van der Waals surface area contributed by atoms with Gasteiger partial charge in [0.05, 0.1) is 18.0 Å². The molecular weight excluding hydrogens is 346 g/mol. The van der Waals surface area contributed by atoms with E-state index < -0.39 is 0 Å². The van der Waals surface area contributed by atoms with Crippen LogP contribution >= 0.6 is 0 Å². The van der Waals surface area contributed by atoms with Crippen LogP contribution in [0.1, 0.15) is 33.7 Å². The maximum atomic E-state index is 12.4. The molecule has 2 N–H and O–H groups in total. The highest BCUT2D eigenvalue weighted by Gasteiger charge is 2.22. The zero-order valence-electron chi connectivity index (χ0n) is 15.9. The van der Waals surface area contributed by atoms with Crippen LogP contribution in [0.15, 0.2) is 18.2 Å². The van der Waals surface area contributed by atoms with E-state index in [1.807, 2.05) is 19.1 Å². The molecule has 27 heavy (non-hydrogen) atoms. The summed E-state index contributed by atoms with van der Waals surface area (Å²) in [5, 5.41) is 20.4. The van der Waals surface area contributed by atoms with Crippen LogP contribution in [-0.2, 0) is 17.7 Å². The number of benzene rings is 1. The number of carbonyl (C=O) groups is 1. The number of nitrogens with one attached hydrogen (secondary N) is 1. The predicted octanol–water partition coefficient (Wildman–Crippen LogP) is 0.692. The zero-order chi connectivity index (χ0) is 19.2.